The van der Waals surface area contributed by atoms with Gasteiger partial charge in [-0.25, -0.2) is 0 Å². The summed E-state index contributed by atoms with van der Waals surface area (Å²) in [5.74, 6) is 1.33. The van der Waals surface area contributed by atoms with Crippen LogP contribution in [0.2, 0.25) is 0 Å². The smallest absolute Gasteiger partial charge is 0.416 e. The minimum Gasteiger partial charge on any atom is -0.493 e. The van der Waals surface area contributed by atoms with Gasteiger partial charge >= 0.3 is 6.18 Å². The summed E-state index contributed by atoms with van der Waals surface area (Å²) in [5.41, 5.74) is 6.29. The summed E-state index contributed by atoms with van der Waals surface area (Å²) >= 11 is 0. The van der Waals surface area contributed by atoms with E-state index in [9.17, 15) is 13.2 Å². The van der Waals surface area contributed by atoms with Crippen molar-refractivity contribution in [1.29, 1.82) is 0 Å². The number of nitrogens with one attached hydrogen (secondary N) is 1. The fourth-order valence-corrected chi connectivity index (χ4v) is 3.50. The van der Waals surface area contributed by atoms with Gasteiger partial charge in [0.1, 0.15) is 0 Å². The molecule has 0 saturated heterocycles. The molecule has 2 aromatic carbocycles. The molecule has 3 rings (SSSR count). The second-order valence-corrected chi connectivity index (χ2v) is 7.11. The molecular formula is C21H25F3IN3O2. The zero-order valence-electron chi connectivity index (χ0n) is 16.8. The molecule has 0 atom stereocenters. The van der Waals surface area contributed by atoms with Crippen LogP contribution in [0, 0.1) is 0 Å². The zero-order chi connectivity index (χ0) is 21.1. The Labute approximate surface area is 190 Å². The lowest BCUT2D eigenvalue weighted by Crippen LogP contribution is -2.39. The number of nitrogens with zero attached hydrogens (tertiary/aromatic N) is 1. The van der Waals surface area contributed by atoms with Gasteiger partial charge in [-0.2, -0.15) is 13.2 Å². The molecule has 1 aliphatic carbocycles. The van der Waals surface area contributed by atoms with Crippen molar-refractivity contribution in [3.05, 3.63) is 53.6 Å². The molecule has 0 spiro atoms. The van der Waals surface area contributed by atoms with Gasteiger partial charge in [-0.15, -0.1) is 24.0 Å². The molecule has 1 fully saturated rings. The zero-order valence-corrected chi connectivity index (χ0v) is 19.1. The highest BCUT2D eigenvalue weighted by Gasteiger charge is 2.40. The number of hydrogen-bond acceptors (Lipinski definition) is 3. The largest absolute Gasteiger partial charge is 0.493 e. The minimum absolute atomic E-state index is 0. The number of rotatable bonds is 6. The summed E-state index contributed by atoms with van der Waals surface area (Å²) in [4.78, 5) is 4.41. The molecule has 1 aliphatic rings. The van der Waals surface area contributed by atoms with Crippen molar-refractivity contribution >= 4 is 35.6 Å². The van der Waals surface area contributed by atoms with Crippen LogP contribution >= 0.6 is 24.0 Å². The van der Waals surface area contributed by atoms with Gasteiger partial charge in [-0.1, -0.05) is 24.6 Å². The fraction of sp³-hybridized carbons (Fsp3) is 0.381. The highest BCUT2D eigenvalue weighted by Crippen LogP contribution is 2.45. The lowest BCUT2D eigenvalue weighted by molar-refractivity contribution is -0.137. The molecule has 5 nitrogen and oxygen atoms in total. The summed E-state index contributed by atoms with van der Waals surface area (Å²) in [7, 11) is 3.08. The van der Waals surface area contributed by atoms with Crippen LogP contribution < -0.4 is 20.5 Å². The summed E-state index contributed by atoms with van der Waals surface area (Å²) < 4.78 is 49.7. The summed E-state index contributed by atoms with van der Waals surface area (Å²) in [5, 5.41) is 2.99. The van der Waals surface area contributed by atoms with E-state index < -0.39 is 17.2 Å². The Morgan fingerprint density at radius 1 is 1.10 bits per heavy atom. The molecule has 0 bridgehead atoms. The van der Waals surface area contributed by atoms with Crippen LogP contribution in [0.3, 0.4) is 0 Å². The first-order valence-corrected chi connectivity index (χ1v) is 9.24. The molecule has 1 saturated carbocycles. The maximum atomic E-state index is 13.1. The van der Waals surface area contributed by atoms with Gasteiger partial charge in [-0.05, 0) is 36.6 Å². The third-order valence-electron chi connectivity index (χ3n) is 5.32. The van der Waals surface area contributed by atoms with E-state index in [1.165, 1.54) is 19.2 Å². The fourth-order valence-electron chi connectivity index (χ4n) is 3.50. The number of ether oxygens (including phenoxy) is 2. The number of aliphatic imine (C=N–C) groups is 1. The van der Waals surface area contributed by atoms with E-state index in [-0.39, 0.29) is 29.9 Å². The molecule has 2 aromatic rings. The quantitative estimate of drug-likeness (QED) is 0.304. The van der Waals surface area contributed by atoms with Crippen LogP contribution in [-0.4, -0.2) is 26.7 Å². The molecule has 9 heteroatoms. The van der Waals surface area contributed by atoms with Crippen LogP contribution in [0.4, 0.5) is 18.9 Å². The third-order valence-corrected chi connectivity index (χ3v) is 5.32. The number of benzene rings is 2. The van der Waals surface area contributed by atoms with Crippen molar-refractivity contribution in [3.8, 4) is 11.5 Å². The van der Waals surface area contributed by atoms with E-state index in [0.717, 1.165) is 25.3 Å². The Morgan fingerprint density at radius 3 is 2.37 bits per heavy atom. The summed E-state index contributed by atoms with van der Waals surface area (Å²) in [6.45, 7) is 0.320. The number of nitrogens with two attached hydrogens (primary N) is 1. The van der Waals surface area contributed by atoms with Crippen LogP contribution in [0.5, 0.6) is 11.5 Å². The van der Waals surface area contributed by atoms with Gasteiger partial charge in [0.15, 0.2) is 17.5 Å². The Kier molecular flexibility index (Phi) is 7.84. The molecule has 164 valence electrons. The standard InChI is InChI=1S/C21H24F3N3O2.HI/c1-28-17-8-7-16(12-18(17)29-2)27-19(25)26-13-20(9-4-10-20)14-5-3-6-15(11-14)21(22,23)24;/h3,5-8,11-12H,4,9-10,13H2,1-2H3,(H3,25,26,27);1H. The molecule has 0 radical (unpaired) electrons. The van der Waals surface area contributed by atoms with Crippen molar-refractivity contribution in [2.24, 2.45) is 10.7 Å². The van der Waals surface area contributed by atoms with E-state index >= 15 is 0 Å². The van der Waals surface area contributed by atoms with Crippen LogP contribution in [0.15, 0.2) is 47.5 Å². The van der Waals surface area contributed by atoms with Crippen LogP contribution in [-0.2, 0) is 11.6 Å². The van der Waals surface area contributed by atoms with E-state index in [2.05, 4.69) is 10.3 Å². The predicted molar refractivity (Wildman–Crippen MR) is 122 cm³/mol. The third kappa shape index (κ3) is 5.30. The Balaban J connectivity index is 0.00000320. The lowest BCUT2D eigenvalue weighted by atomic mass is 9.64. The van der Waals surface area contributed by atoms with Gasteiger partial charge in [-0.3, -0.25) is 4.99 Å². The van der Waals surface area contributed by atoms with Gasteiger partial charge in [0.05, 0.1) is 26.3 Å². The second kappa shape index (κ2) is 9.76. The number of guanidine groups is 1. The Hall–Kier alpha value is -2.17. The van der Waals surface area contributed by atoms with Gasteiger partial charge in [0.2, 0.25) is 0 Å². The molecule has 0 aromatic heterocycles. The maximum absolute atomic E-state index is 13.1. The molecule has 30 heavy (non-hydrogen) atoms. The topological polar surface area (TPSA) is 68.9 Å². The number of methoxy groups -OCH3 is 2. The normalized spacial score (nSPS) is 15.6. The molecule has 0 unspecified atom stereocenters. The second-order valence-electron chi connectivity index (χ2n) is 7.11. The predicted octanol–water partition coefficient (Wildman–Crippen LogP) is 5.19. The molecule has 0 amide bonds. The van der Waals surface area contributed by atoms with Crippen molar-refractivity contribution in [3.63, 3.8) is 0 Å². The van der Waals surface area contributed by atoms with Gasteiger partial charge in [0, 0.05) is 17.2 Å². The first-order chi connectivity index (χ1) is 13.8. The molecule has 0 aliphatic heterocycles. The van der Waals surface area contributed by atoms with Gasteiger partial charge < -0.3 is 20.5 Å². The average molecular weight is 535 g/mol. The first-order valence-electron chi connectivity index (χ1n) is 9.24. The SMILES string of the molecule is COc1ccc(NC(N)=NCC2(c3cccc(C(F)(F)F)c3)CCC2)cc1OC.I. The number of halogens is 4. The number of alkyl halides is 3. The summed E-state index contributed by atoms with van der Waals surface area (Å²) in [6, 6.07) is 10.8. The van der Waals surface area contributed by atoms with Gasteiger partial charge in [0.25, 0.3) is 0 Å². The van der Waals surface area contributed by atoms with Crippen molar-refractivity contribution in [2.75, 3.05) is 26.1 Å². The van der Waals surface area contributed by atoms with Crippen LogP contribution in [0.25, 0.3) is 0 Å². The number of hydrogen-bond donors (Lipinski definition) is 2. The molecule has 0 heterocycles. The van der Waals surface area contributed by atoms with E-state index in [1.807, 2.05) is 0 Å². The summed E-state index contributed by atoms with van der Waals surface area (Å²) in [6.07, 6.45) is -1.85. The van der Waals surface area contributed by atoms with E-state index in [0.29, 0.717) is 29.3 Å². The van der Waals surface area contributed by atoms with E-state index in [4.69, 9.17) is 15.2 Å². The van der Waals surface area contributed by atoms with Crippen molar-refractivity contribution in [2.45, 2.75) is 30.9 Å². The first kappa shape index (κ1) is 24.1. The Bertz CT molecular complexity index is 899. The van der Waals surface area contributed by atoms with Crippen molar-refractivity contribution < 1.29 is 22.6 Å². The average Bonchev–Trinajstić information content (AvgIpc) is 2.66. The highest BCUT2D eigenvalue weighted by atomic mass is 127. The highest BCUT2D eigenvalue weighted by molar-refractivity contribution is 14.0. The molecular weight excluding hydrogens is 510 g/mol. The maximum Gasteiger partial charge on any atom is 0.416 e. The number of anilines is 1. The lowest BCUT2D eigenvalue weighted by Gasteiger charge is -2.41. The van der Waals surface area contributed by atoms with E-state index in [1.54, 1.807) is 31.4 Å². The van der Waals surface area contributed by atoms with Crippen LogP contribution in [0.1, 0.15) is 30.4 Å². The monoisotopic (exact) mass is 535 g/mol. The minimum atomic E-state index is -4.36. The van der Waals surface area contributed by atoms with Crippen molar-refractivity contribution in [1.82, 2.24) is 0 Å². The Morgan fingerprint density at radius 2 is 1.80 bits per heavy atom. The molecule has 3 N–H and O–H groups in total.